The highest BCUT2D eigenvalue weighted by Crippen LogP contribution is 2.29. The summed E-state index contributed by atoms with van der Waals surface area (Å²) in [5, 5.41) is 13.2. The predicted octanol–water partition coefficient (Wildman–Crippen LogP) is 2.00. The van der Waals surface area contributed by atoms with Gasteiger partial charge in [-0.1, -0.05) is 6.07 Å². The van der Waals surface area contributed by atoms with E-state index >= 15 is 0 Å². The smallest absolute Gasteiger partial charge is 0.159 e. The third kappa shape index (κ3) is 2.39. The molecule has 2 nitrogen and oxygen atoms in total. The van der Waals surface area contributed by atoms with Gasteiger partial charge in [0.2, 0.25) is 0 Å². The highest BCUT2D eigenvalue weighted by molar-refractivity contribution is 5.20. The van der Waals surface area contributed by atoms with Gasteiger partial charge in [-0.25, -0.2) is 8.78 Å². The first-order valence-electron chi connectivity index (χ1n) is 5.52. The van der Waals surface area contributed by atoms with E-state index in [9.17, 15) is 13.9 Å². The molecule has 88 valence electrons. The van der Waals surface area contributed by atoms with Crippen LogP contribution < -0.4 is 5.32 Å². The number of piperidine rings is 1. The third-order valence-electron chi connectivity index (χ3n) is 3.12. The van der Waals surface area contributed by atoms with Crippen molar-refractivity contribution in [2.75, 3.05) is 13.1 Å². The average molecular weight is 227 g/mol. The fraction of sp³-hybridized carbons (Fsp3) is 0.500. The summed E-state index contributed by atoms with van der Waals surface area (Å²) in [6.45, 7) is 1.73. The molecule has 2 rings (SSSR count). The van der Waals surface area contributed by atoms with Crippen molar-refractivity contribution in [1.29, 1.82) is 0 Å². The zero-order chi connectivity index (χ0) is 11.5. The number of aliphatic hydroxyl groups excluding tert-OH is 1. The Balaban J connectivity index is 2.12. The van der Waals surface area contributed by atoms with E-state index in [4.69, 9.17) is 0 Å². The van der Waals surface area contributed by atoms with Gasteiger partial charge in [0.25, 0.3) is 0 Å². The molecule has 0 amide bonds. The van der Waals surface area contributed by atoms with E-state index in [1.54, 1.807) is 0 Å². The van der Waals surface area contributed by atoms with Gasteiger partial charge in [-0.15, -0.1) is 0 Å². The van der Waals surface area contributed by atoms with Crippen molar-refractivity contribution < 1.29 is 13.9 Å². The van der Waals surface area contributed by atoms with Crippen molar-refractivity contribution >= 4 is 0 Å². The van der Waals surface area contributed by atoms with Gasteiger partial charge in [-0.3, -0.25) is 0 Å². The lowest BCUT2D eigenvalue weighted by Crippen LogP contribution is -2.30. The lowest BCUT2D eigenvalue weighted by Gasteiger charge is -2.27. The van der Waals surface area contributed by atoms with Gasteiger partial charge in [0, 0.05) is 0 Å². The predicted molar refractivity (Wildman–Crippen MR) is 56.9 cm³/mol. The molecule has 1 aliphatic rings. The summed E-state index contributed by atoms with van der Waals surface area (Å²) in [6.07, 6.45) is 1.03. The van der Waals surface area contributed by atoms with E-state index in [1.807, 2.05) is 0 Å². The highest BCUT2D eigenvalue weighted by Gasteiger charge is 2.23. The lowest BCUT2D eigenvalue weighted by molar-refractivity contribution is 0.0885. The molecule has 1 fully saturated rings. The maximum absolute atomic E-state index is 13.0. The van der Waals surface area contributed by atoms with Crippen molar-refractivity contribution in [2.24, 2.45) is 5.92 Å². The molecule has 2 N–H and O–H groups in total. The van der Waals surface area contributed by atoms with E-state index in [2.05, 4.69) is 5.32 Å². The Hall–Kier alpha value is -1.00. The van der Waals surface area contributed by atoms with E-state index < -0.39 is 17.7 Å². The van der Waals surface area contributed by atoms with Crippen LogP contribution in [0.4, 0.5) is 8.78 Å². The summed E-state index contributed by atoms with van der Waals surface area (Å²) in [7, 11) is 0. The molecule has 4 heteroatoms. The van der Waals surface area contributed by atoms with Gasteiger partial charge in [0.1, 0.15) is 0 Å². The topological polar surface area (TPSA) is 32.3 Å². The minimum absolute atomic E-state index is 0.131. The van der Waals surface area contributed by atoms with Crippen LogP contribution in [0.2, 0.25) is 0 Å². The van der Waals surface area contributed by atoms with Gasteiger partial charge in [-0.2, -0.15) is 0 Å². The number of hydrogen-bond donors (Lipinski definition) is 2. The summed E-state index contributed by atoms with van der Waals surface area (Å²) in [6, 6.07) is 3.60. The fourth-order valence-corrected chi connectivity index (χ4v) is 2.13. The standard InChI is InChI=1S/C12H15F2NO/c13-10-2-1-9(7-11(10)14)12(16)8-3-5-15-6-4-8/h1-2,7-8,12,15-16H,3-6H2. The van der Waals surface area contributed by atoms with Crippen LogP contribution in [0.3, 0.4) is 0 Å². The Labute approximate surface area is 93.3 Å². The molecule has 1 aromatic rings. The van der Waals surface area contributed by atoms with Crippen LogP contribution >= 0.6 is 0 Å². The number of hydrogen-bond acceptors (Lipinski definition) is 2. The van der Waals surface area contributed by atoms with E-state index in [-0.39, 0.29) is 5.92 Å². The Kier molecular flexibility index (Phi) is 3.51. The maximum atomic E-state index is 13.0. The van der Waals surface area contributed by atoms with Crippen molar-refractivity contribution in [3.05, 3.63) is 35.4 Å². The number of nitrogens with one attached hydrogen (secondary N) is 1. The molecule has 0 saturated carbocycles. The lowest BCUT2D eigenvalue weighted by atomic mass is 9.88. The fourth-order valence-electron chi connectivity index (χ4n) is 2.13. The SMILES string of the molecule is OC(c1ccc(F)c(F)c1)C1CCNCC1. The Morgan fingerprint density at radius 3 is 2.50 bits per heavy atom. The number of rotatable bonds is 2. The van der Waals surface area contributed by atoms with Crippen molar-refractivity contribution in [3.63, 3.8) is 0 Å². The van der Waals surface area contributed by atoms with Crippen LogP contribution in [0.1, 0.15) is 24.5 Å². The van der Waals surface area contributed by atoms with Crippen LogP contribution in [0.15, 0.2) is 18.2 Å². The van der Waals surface area contributed by atoms with Crippen molar-refractivity contribution in [1.82, 2.24) is 5.32 Å². The molecule has 1 saturated heterocycles. The molecule has 1 unspecified atom stereocenters. The van der Waals surface area contributed by atoms with E-state index in [1.165, 1.54) is 6.07 Å². The first kappa shape index (κ1) is 11.5. The first-order chi connectivity index (χ1) is 7.68. The molecule has 0 radical (unpaired) electrons. The Morgan fingerprint density at radius 2 is 1.88 bits per heavy atom. The minimum atomic E-state index is -0.898. The largest absolute Gasteiger partial charge is 0.388 e. The molecule has 0 spiro atoms. The van der Waals surface area contributed by atoms with Crippen LogP contribution in [0, 0.1) is 17.6 Å². The summed E-state index contributed by atoms with van der Waals surface area (Å²) >= 11 is 0. The molecule has 16 heavy (non-hydrogen) atoms. The molecular formula is C12H15F2NO. The van der Waals surface area contributed by atoms with Crippen molar-refractivity contribution in [2.45, 2.75) is 18.9 Å². The average Bonchev–Trinajstić information content (AvgIpc) is 2.33. The third-order valence-corrected chi connectivity index (χ3v) is 3.12. The monoisotopic (exact) mass is 227 g/mol. The van der Waals surface area contributed by atoms with Crippen LogP contribution in [-0.4, -0.2) is 18.2 Å². The molecular weight excluding hydrogens is 212 g/mol. The van der Waals surface area contributed by atoms with Crippen LogP contribution in [-0.2, 0) is 0 Å². The second-order valence-electron chi connectivity index (χ2n) is 4.21. The Morgan fingerprint density at radius 1 is 1.19 bits per heavy atom. The van der Waals surface area contributed by atoms with Gasteiger partial charge < -0.3 is 10.4 Å². The highest BCUT2D eigenvalue weighted by atomic mass is 19.2. The van der Waals surface area contributed by atoms with E-state index in [0.29, 0.717) is 5.56 Å². The summed E-state index contributed by atoms with van der Waals surface area (Å²) in [5.41, 5.74) is 0.464. The first-order valence-corrected chi connectivity index (χ1v) is 5.52. The van der Waals surface area contributed by atoms with Crippen molar-refractivity contribution in [3.8, 4) is 0 Å². The second-order valence-corrected chi connectivity index (χ2v) is 4.21. The number of benzene rings is 1. The number of aliphatic hydroxyl groups is 1. The number of halogens is 2. The van der Waals surface area contributed by atoms with Crippen LogP contribution in [0.5, 0.6) is 0 Å². The second kappa shape index (κ2) is 4.89. The van der Waals surface area contributed by atoms with Gasteiger partial charge in [0.15, 0.2) is 11.6 Å². The van der Waals surface area contributed by atoms with Crippen LogP contribution in [0.25, 0.3) is 0 Å². The van der Waals surface area contributed by atoms with Gasteiger partial charge in [0.05, 0.1) is 6.10 Å². The van der Waals surface area contributed by atoms with E-state index in [0.717, 1.165) is 38.1 Å². The summed E-state index contributed by atoms with van der Waals surface area (Å²) < 4.78 is 25.7. The quantitative estimate of drug-likeness (QED) is 0.810. The minimum Gasteiger partial charge on any atom is -0.388 e. The molecule has 1 heterocycles. The van der Waals surface area contributed by atoms with Gasteiger partial charge >= 0.3 is 0 Å². The summed E-state index contributed by atoms with van der Waals surface area (Å²) in [4.78, 5) is 0. The summed E-state index contributed by atoms with van der Waals surface area (Å²) in [5.74, 6) is -1.64. The zero-order valence-corrected chi connectivity index (χ0v) is 8.92. The molecule has 1 aromatic carbocycles. The van der Waals surface area contributed by atoms with Gasteiger partial charge in [-0.05, 0) is 49.5 Å². The molecule has 1 aliphatic heterocycles. The molecule has 0 aromatic heterocycles. The molecule has 0 bridgehead atoms. The molecule has 0 aliphatic carbocycles. The maximum Gasteiger partial charge on any atom is 0.159 e. The molecule has 1 atom stereocenters. The normalized spacial score (nSPS) is 19.7. The zero-order valence-electron chi connectivity index (χ0n) is 8.92. The Bertz CT molecular complexity index is 364.